The predicted octanol–water partition coefficient (Wildman–Crippen LogP) is 5.17. The first-order valence-corrected chi connectivity index (χ1v) is 10.9. The average Bonchev–Trinajstić information content (AvgIpc) is 3.10. The van der Waals surface area contributed by atoms with Crippen LogP contribution in [0.2, 0.25) is 0 Å². The van der Waals surface area contributed by atoms with E-state index in [-0.39, 0.29) is 12.4 Å². The molecule has 8 heteroatoms. The van der Waals surface area contributed by atoms with Crippen LogP contribution in [0.15, 0.2) is 60.7 Å². The minimum absolute atomic E-state index is 0.184. The van der Waals surface area contributed by atoms with E-state index in [1.54, 1.807) is 49.6 Å². The van der Waals surface area contributed by atoms with Gasteiger partial charge in [-0.3, -0.25) is 0 Å². The van der Waals surface area contributed by atoms with Gasteiger partial charge in [0.1, 0.15) is 29.6 Å². The third kappa shape index (κ3) is 3.10. The third-order valence-corrected chi connectivity index (χ3v) is 5.71. The maximum Gasteiger partial charge on any atom is 0.513 e. The smallest absolute Gasteiger partial charge is 0.497 e. The lowest BCUT2D eigenvalue weighted by molar-refractivity contribution is 0.0224. The molecule has 3 aromatic carbocycles. The van der Waals surface area contributed by atoms with E-state index in [0.29, 0.717) is 44.8 Å². The zero-order chi connectivity index (χ0) is 22.3. The summed E-state index contributed by atoms with van der Waals surface area (Å²) < 4.78 is 27.8. The summed E-state index contributed by atoms with van der Waals surface area (Å²) in [5, 5.41) is 0.501. The van der Waals surface area contributed by atoms with E-state index in [9.17, 15) is 9.59 Å². The molecule has 0 bridgehead atoms. The van der Waals surface area contributed by atoms with Crippen LogP contribution >= 0.6 is 15.9 Å². The molecule has 2 heterocycles. The number of fused-ring (bicyclic) bond motifs is 6. The van der Waals surface area contributed by atoms with Crippen LogP contribution in [0.5, 0.6) is 23.0 Å². The molecule has 0 fully saturated rings. The van der Waals surface area contributed by atoms with Gasteiger partial charge in [0.05, 0.1) is 12.7 Å². The third-order valence-electron chi connectivity index (χ3n) is 5.39. The summed E-state index contributed by atoms with van der Waals surface area (Å²) in [6.45, 7) is 0.184. The second-order valence-electron chi connectivity index (χ2n) is 7.13. The molecule has 32 heavy (non-hydrogen) atoms. The Bertz CT molecular complexity index is 1240. The number of carbonyl (C=O) groups excluding carboxylic acids is 2. The molecule has 2 aliphatic heterocycles. The maximum absolute atomic E-state index is 12.8. The molecular weight excluding hydrogens is 480 g/mol. The number of carbonyl (C=O) groups is 2. The van der Waals surface area contributed by atoms with E-state index in [1.807, 2.05) is 18.2 Å². The number of hydrogen-bond acceptors (Lipinski definition) is 7. The van der Waals surface area contributed by atoms with Crippen LogP contribution in [0.3, 0.4) is 0 Å². The standard InChI is InChI=1S/C24H17BrO7/c1-28-14-6-8-18-20(12-14)31-21-13-15(30-23(27)29-11-10-25)7-9-19(21)24(18)17-5-3-2-4-16(17)22(26)32-24/h2-9,12-13H,10-11H2,1H3. The van der Waals surface area contributed by atoms with Gasteiger partial charge in [0.25, 0.3) is 0 Å². The van der Waals surface area contributed by atoms with E-state index < -0.39 is 17.7 Å². The van der Waals surface area contributed by atoms with Crippen LogP contribution < -0.4 is 14.2 Å². The molecule has 0 N–H and O–H groups in total. The van der Waals surface area contributed by atoms with E-state index in [0.717, 1.165) is 0 Å². The fourth-order valence-corrected chi connectivity index (χ4v) is 4.24. The Hall–Kier alpha value is -3.52. The number of halogens is 1. The molecule has 3 aromatic rings. The summed E-state index contributed by atoms with van der Waals surface area (Å²) in [5.74, 6) is 1.27. The summed E-state index contributed by atoms with van der Waals surface area (Å²) >= 11 is 3.19. The maximum atomic E-state index is 12.8. The highest BCUT2D eigenvalue weighted by Gasteiger charge is 2.53. The van der Waals surface area contributed by atoms with Gasteiger partial charge >= 0.3 is 12.1 Å². The van der Waals surface area contributed by atoms with Gasteiger partial charge in [0.15, 0.2) is 5.60 Å². The number of ether oxygens (including phenoxy) is 5. The monoisotopic (exact) mass is 496 g/mol. The van der Waals surface area contributed by atoms with E-state index >= 15 is 0 Å². The lowest BCUT2D eigenvalue weighted by Gasteiger charge is -2.36. The van der Waals surface area contributed by atoms with Gasteiger partial charge in [-0.15, -0.1) is 0 Å². The summed E-state index contributed by atoms with van der Waals surface area (Å²) in [6.07, 6.45) is -0.824. The molecule has 0 saturated heterocycles. The molecule has 162 valence electrons. The molecular formula is C24H17BrO7. The number of rotatable bonds is 4. The van der Waals surface area contributed by atoms with Crippen LogP contribution in [0.25, 0.3) is 0 Å². The molecule has 0 aromatic heterocycles. The van der Waals surface area contributed by atoms with Gasteiger partial charge in [-0.05, 0) is 30.3 Å². The second kappa shape index (κ2) is 7.87. The zero-order valence-corrected chi connectivity index (χ0v) is 18.5. The highest BCUT2D eigenvalue weighted by Crippen LogP contribution is 2.56. The Morgan fingerprint density at radius 3 is 2.38 bits per heavy atom. The number of esters is 1. The van der Waals surface area contributed by atoms with Crippen molar-refractivity contribution in [3.8, 4) is 23.0 Å². The van der Waals surface area contributed by atoms with Crippen molar-refractivity contribution in [1.82, 2.24) is 0 Å². The quantitative estimate of drug-likeness (QED) is 0.280. The largest absolute Gasteiger partial charge is 0.513 e. The minimum Gasteiger partial charge on any atom is -0.497 e. The van der Waals surface area contributed by atoms with Crippen molar-refractivity contribution in [2.45, 2.75) is 5.60 Å². The first-order chi connectivity index (χ1) is 15.6. The van der Waals surface area contributed by atoms with E-state index in [4.69, 9.17) is 23.7 Å². The van der Waals surface area contributed by atoms with Gasteiger partial charge < -0.3 is 23.7 Å². The van der Waals surface area contributed by atoms with E-state index in [1.165, 1.54) is 0 Å². The average molecular weight is 497 g/mol. The molecule has 1 unspecified atom stereocenters. The van der Waals surface area contributed by atoms with Gasteiger partial charge in [-0.1, -0.05) is 34.1 Å². The number of hydrogen-bond donors (Lipinski definition) is 0. The summed E-state index contributed by atoms with van der Waals surface area (Å²) in [4.78, 5) is 24.7. The van der Waals surface area contributed by atoms with Gasteiger partial charge in [0, 0.05) is 34.2 Å². The highest BCUT2D eigenvalue weighted by atomic mass is 79.9. The molecule has 1 atom stereocenters. The van der Waals surface area contributed by atoms with Crippen LogP contribution in [0.1, 0.15) is 27.0 Å². The first-order valence-electron chi connectivity index (χ1n) is 9.81. The number of alkyl halides is 1. The second-order valence-corrected chi connectivity index (χ2v) is 7.92. The Balaban J connectivity index is 1.66. The molecule has 0 amide bonds. The van der Waals surface area contributed by atoms with E-state index in [2.05, 4.69) is 15.9 Å². The number of benzene rings is 3. The molecule has 5 rings (SSSR count). The summed E-state index contributed by atoms with van der Waals surface area (Å²) in [7, 11) is 1.56. The molecule has 0 aliphatic carbocycles. The lowest BCUT2D eigenvalue weighted by atomic mass is 9.77. The van der Waals surface area contributed by atoms with Crippen LogP contribution in [-0.2, 0) is 15.1 Å². The van der Waals surface area contributed by atoms with Crippen molar-refractivity contribution >= 4 is 28.1 Å². The van der Waals surface area contributed by atoms with Crippen molar-refractivity contribution in [2.75, 3.05) is 19.0 Å². The minimum atomic E-state index is -1.20. The van der Waals surface area contributed by atoms with Crippen molar-refractivity contribution in [1.29, 1.82) is 0 Å². The first kappa shape index (κ1) is 20.4. The van der Waals surface area contributed by atoms with Crippen molar-refractivity contribution in [3.63, 3.8) is 0 Å². The Morgan fingerprint density at radius 1 is 0.969 bits per heavy atom. The molecule has 2 aliphatic rings. The summed E-state index contributed by atoms with van der Waals surface area (Å²) in [5.41, 5.74) is 1.30. The van der Waals surface area contributed by atoms with Crippen molar-refractivity contribution in [2.24, 2.45) is 0 Å². The molecule has 0 saturated carbocycles. The van der Waals surface area contributed by atoms with Crippen molar-refractivity contribution in [3.05, 3.63) is 82.9 Å². The Kier molecular flexibility index (Phi) is 5.01. The number of methoxy groups -OCH3 is 1. The lowest BCUT2D eigenvalue weighted by Crippen LogP contribution is -2.33. The SMILES string of the molecule is COc1ccc2c(c1)Oc1cc(OC(=O)OCCBr)ccc1C21OC(=O)c2ccccc21. The normalized spacial score (nSPS) is 17.5. The molecule has 0 radical (unpaired) electrons. The Morgan fingerprint density at radius 2 is 1.66 bits per heavy atom. The fourth-order valence-electron chi connectivity index (χ4n) is 4.07. The van der Waals surface area contributed by atoms with Crippen LogP contribution in [0, 0.1) is 0 Å². The highest BCUT2D eigenvalue weighted by molar-refractivity contribution is 9.09. The van der Waals surface area contributed by atoms with Gasteiger partial charge in [0.2, 0.25) is 0 Å². The fraction of sp³-hybridized carbons (Fsp3) is 0.167. The van der Waals surface area contributed by atoms with Gasteiger partial charge in [-0.2, -0.15) is 0 Å². The summed E-state index contributed by atoms with van der Waals surface area (Å²) in [6, 6.07) is 17.5. The molecule has 7 nitrogen and oxygen atoms in total. The molecule has 1 spiro atoms. The zero-order valence-electron chi connectivity index (χ0n) is 16.9. The topological polar surface area (TPSA) is 80.3 Å². The van der Waals surface area contributed by atoms with Crippen molar-refractivity contribution < 1.29 is 33.3 Å². The Labute approximate surface area is 191 Å². The predicted molar refractivity (Wildman–Crippen MR) is 117 cm³/mol. The van der Waals surface area contributed by atoms with Crippen LogP contribution in [-0.4, -0.2) is 31.2 Å². The van der Waals surface area contributed by atoms with Crippen LogP contribution in [0.4, 0.5) is 4.79 Å². The van der Waals surface area contributed by atoms with Gasteiger partial charge in [-0.25, -0.2) is 9.59 Å².